The number of carbonyl (C=O) groups is 1. The molecule has 1 amide bonds. The molecule has 2 heterocycles. The second-order valence-corrected chi connectivity index (χ2v) is 8.23. The summed E-state index contributed by atoms with van der Waals surface area (Å²) in [6, 6.07) is 20.4. The highest BCUT2D eigenvalue weighted by Gasteiger charge is 2.18. The Bertz CT molecular complexity index is 1170. The largest absolute Gasteiger partial charge is 0.484 e. The monoisotopic (exact) mass is 468 g/mol. The second-order valence-electron chi connectivity index (χ2n) is 6.88. The van der Waals surface area contributed by atoms with Crippen molar-refractivity contribution in [1.29, 1.82) is 0 Å². The first-order valence-electron chi connectivity index (χ1n) is 9.94. The molecule has 32 heavy (non-hydrogen) atoms. The van der Waals surface area contributed by atoms with Crippen molar-refractivity contribution >= 4 is 29.3 Å². The molecule has 1 N–H and O–H groups in total. The molecule has 164 valence electrons. The second kappa shape index (κ2) is 10.4. The zero-order chi connectivity index (χ0) is 22.3. The molecule has 0 aliphatic heterocycles. The van der Waals surface area contributed by atoms with Gasteiger partial charge in [-0.05, 0) is 43.3 Å². The topological polar surface area (TPSA) is 82.2 Å². The van der Waals surface area contributed by atoms with Crippen molar-refractivity contribution in [3.63, 3.8) is 0 Å². The Labute approximate surface area is 194 Å². The van der Waals surface area contributed by atoms with E-state index in [2.05, 4.69) is 15.5 Å². The fourth-order valence-electron chi connectivity index (χ4n) is 3.05. The summed E-state index contributed by atoms with van der Waals surface area (Å²) in [5, 5.41) is 12.6. The van der Waals surface area contributed by atoms with Gasteiger partial charge in [-0.3, -0.25) is 9.36 Å². The number of nitrogens with one attached hydrogen (secondary N) is 1. The summed E-state index contributed by atoms with van der Waals surface area (Å²) in [6.45, 7) is 2.05. The van der Waals surface area contributed by atoms with E-state index < -0.39 is 0 Å². The number of aromatic nitrogens is 3. The van der Waals surface area contributed by atoms with Crippen LogP contribution < -0.4 is 10.1 Å². The van der Waals surface area contributed by atoms with E-state index in [9.17, 15) is 4.79 Å². The number of hydrogen-bond acceptors (Lipinski definition) is 6. The minimum Gasteiger partial charge on any atom is -0.484 e. The lowest BCUT2D eigenvalue weighted by molar-refractivity contribution is -0.119. The van der Waals surface area contributed by atoms with Crippen molar-refractivity contribution in [2.45, 2.75) is 24.7 Å². The van der Waals surface area contributed by atoms with Crippen molar-refractivity contribution in [2.75, 3.05) is 5.75 Å². The van der Waals surface area contributed by atoms with E-state index in [0.717, 1.165) is 5.69 Å². The van der Waals surface area contributed by atoms with Crippen LogP contribution in [0.3, 0.4) is 0 Å². The highest BCUT2D eigenvalue weighted by atomic mass is 35.5. The van der Waals surface area contributed by atoms with E-state index in [1.807, 2.05) is 60.0 Å². The first-order chi connectivity index (χ1) is 15.6. The van der Waals surface area contributed by atoms with E-state index in [-0.39, 0.29) is 24.3 Å². The van der Waals surface area contributed by atoms with Gasteiger partial charge in [-0.15, -0.1) is 10.2 Å². The van der Waals surface area contributed by atoms with Gasteiger partial charge in [-0.2, -0.15) is 0 Å². The van der Waals surface area contributed by atoms with Gasteiger partial charge in [0.2, 0.25) is 5.91 Å². The van der Waals surface area contributed by atoms with Gasteiger partial charge in [0.25, 0.3) is 0 Å². The van der Waals surface area contributed by atoms with Crippen LogP contribution in [0, 0.1) is 0 Å². The Balaban J connectivity index is 1.48. The molecule has 2 aromatic carbocycles. The van der Waals surface area contributed by atoms with E-state index >= 15 is 0 Å². The van der Waals surface area contributed by atoms with Gasteiger partial charge in [-0.25, -0.2) is 0 Å². The number of halogens is 1. The number of thioether (sulfide) groups is 1. The van der Waals surface area contributed by atoms with Crippen LogP contribution in [0.5, 0.6) is 5.75 Å². The third-order valence-electron chi connectivity index (χ3n) is 4.59. The lowest BCUT2D eigenvalue weighted by Crippen LogP contribution is -2.28. The quantitative estimate of drug-likeness (QED) is 0.346. The summed E-state index contributed by atoms with van der Waals surface area (Å²) in [5.74, 6) is 1.92. The molecule has 0 aliphatic carbocycles. The number of para-hydroxylation sites is 2. The molecule has 2 aromatic heterocycles. The molecule has 9 heteroatoms. The Morgan fingerprint density at radius 2 is 1.91 bits per heavy atom. The molecular weight excluding hydrogens is 448 g/mol. The first-order valence-corrected chi connectivity index (χ1v) is 11.3. The average Bonchev–Trinajstić information content (AvgIpc) is 3.48. The number of hydrogen-bond donors (Lipinski definition) is 1. The van der Waals surface area contributed by atoms with Crippen molar-refractivity contribution in [3.05, 3.63) is 89.6 Å². The molecule has 1 atom stereocenters. The number of amides is 1. The van der Waals surface area contributed by atoms with Crippen molar-refractivity contribution in [2.24, 2.45) is 0 Å². The maximum Gasteiger partial charge on any atom is 0.231 e. The lowest BCUT2D eigenvalue weighted by Gasteiger charge is -2.13. The Kier molecular flexibility index (Phi) is 7.14. The van der Waals surface area contributed by atoms with Crippen LogP contribution in [-0.4, -0.2) is 26.4 Å². The number of rotatable bonds is 9. The van der Waals surface area contributed by atoms with Crippen LogP contribution in [0.4, 0.5) is 0 Å². The zero-order valence-corrected chi connectivity index (χ0v) is 18.8. The standard InChI is InChI=1S/C23H21ClN4O3S/c1-16(19-12-7-13-30-19)25-22(29)15-32-23-27-26-21(28(23)17-8-3-2-4-9-17)14-31-20-11-6-5-10-18(20)24/h2-13,16H,14-15H2,1H3,(H,25,29). The van der Waals surface area contributed by atoms with Gasteiger partial charge < -0.3 is 14.5 Å². The normalized spacial score (nSPS) is 11.8. The summed E-state index contributed by atoms with van der Waals surface area (Å²) in [5.41, 5.74) is 0.877. The van der Waals surface area contributed by atoms with Gasteiger partial charge in [0, 0.05) is 5.69 Å². The fourth-order valence-corrected chi connectivity index (χ4v) is 4.02. The summed E-state index contributed by atoms with van der Waals surface area (Å²) < 4.78 is 13.1. The molecule has 0 aliphatic rings. The predicted octanol–water partition coefficient (Wildman–Crippen LogP) is 5.06. The highest BCUT2D eigenvalue weighted by molar-refractivity contribution is 7.99. The van der Waals surface area contributed by atoms with Crippen molar-refractivity contribution in [1.82, 2.24) is 20.1 Å². The zero-order valence-electron chi connectivity index (χ0n) is 17.3. The third kappa shape index (κ3) is 5.33. The molecule has 7 nitrogen and oxygen atoms in total. The van der Waals surface area contributed by atoms with Crippen LogP contribution >= 0.6 is 23.4 Å². The number of benzene rings is 2. The van der Waals surface area contributed by atoms with E-state index in [0.29, 0.717) is 27.5 Å². The van der Waals surface area contributed by atoms with Gasteiger partial charge in [-0.1, -0.05) is 53.7 Å². The summed E-state index contributed by atoms with van der Waals surface area (Å²) in [4.78, 5) is 12.5. The Hall–Kier alpha value is -3.23. The third-order valence-corrected chi connectivity index (χ3v) is 5.83. The fraction of sp³-hybridized carbons (Fsp3) is 0.174. The van der Waals surface area contributed by atoms with Crippen LogP contribution in [0.2, 0.25) is 5.02 Å². The number of furan rings is 1. The van der Waals surface area contributed by atoms with Crippen LogP contribution in [0.1, 0.15) is 24.6 Å². The van der Waals surface area contributed by atoms with Crippen LogP contribution in [0.25, 0.3) is 5.69 Å². The van der Waals surface area contributed by atoms with E-state index in [1.54, 1.807) is 24.5 Å². The smallest absolute Gasteiger partial charge is 0.231 e. The van der Waals surface area contributed by atoms with Crippen molar-refractivity contribution < 1.29 is 13.9 Å². The number of carbonyl (C=O) groups excluding carboxylic acids is 1. The predicted molar refractivity (Wildman–Crippen MR) is 123 cm³/mol. The minimum absolute atomic E-state index is 0.129. The Morgan fingerprint density at radius 3 is 2.66 bits per heavy atom. The van der Waals surface area contributed by atoms with E-state index in [1.165, 1.54) is 11.8 Å². The summed E-state index contributed by atoms with van der Waals surface area (Å²) in [7, 11) is 0. The van der Waals surface area contributed by atoms with Gasteiger partial charge >= 0.3 is 0 Å². The molecule has 0 bridgehead atoms. The lowest BCUT2D eigenvalue weighted by atomic mass is 10.2. The molecule has 1 unspecified atom stereocenters. The number of ether oxygens (including phenoxy) is 1. The van der Waals surface area contributed by atoms with E-state index in [4.69, 9.17) is 20.8 Å². The average molecular weight is 469 g/mol. The minimum atomic E-state index is -0.218. The molecule has 0 radical (unpaired) electrons. The van der Waals surface area contributed by atoms with Crippen LogP contribution in [0.15, 0.2) is 82.6 Å². The molecule has 0 fully saturated rings. The molecule has 0 spiro atoms. The molecular formula is C23H21ClN4O3S. The molecule has 0 saturated heterocycles. The maximum atomic E-state index is 12.5. The van der Waals surface area contributed by atoms with Crippen LogP contribution in [-0.2, 0) is 11.4 Å². The summed E-state index contributed by atoms with van der Waals surface area (Å²) in [6.07, 6.45) is 1.58. The first kappa shape index (κ1) is 22.0. The highest BCUT2D eigenvalue weighted by Crippen LogP contribution is 2.26. The Morgan fingerprint density at radius 1 is 1.12 bits per heavy atom. The molecule has 0 saturated carbocycles. The van der Waals surface area contributed by atoms with Gasteiger partial charge in [0.15, 0.2) is 11.0 Å². The van der Waals surface area contributed by atoms with Gasteiger partial charge in [0.05, 0.1) is 23.1 Å². The summed E-state index contributed by atoms with van der Waals surface area (Å²) >= 11 is 7.49. The SMILES string of the molecule is CC(NC(=O)CSc1nnc(COc2ccccc2Cl)n1-c1ccccc1)c1ccco1. The van der Waals surface area contributed by atoms with Gasteiger partial charge in [0.1, 0.15) is 18.1 Å². The molecule has 4 aromatic rings. The molecule has 4 rings (SSSR count). The van der Waals surface area contributed by atoms with Crippen molar-refractivity contribution in [3.8, 4) is 11.4 Å². The number of nitrogens with zero attached hydrogens (tertiary/aromatic N) is 3. The maximum absolute atomic E-state index is 12.5.